The number of rotatable bonds is 8. The Labute approximate surface area is 134 Å². The normalized spacial score (nSPS) is 18.8. The van der Waals surface area contributed by atoms with Crippen LogP contribution in [0.1, 0.15) is 57.8 Å². The van der Waals surface area contributed by atoms with Crippen LogP contribution in [0.15, 0.2) is 17.5 Å². The Kier molecular flexibility index (Phi) is 6.72. The minimum Gasteiger partial charge on any atom is -0.312 e. The van der Waals surface area contributed by atoms with E-state index in [4.69, 9.17) is 0 Å². The standard InChI is InChI=1S/C18H32N2S/c1-4-12-19-17(11-10-16-9-8-15-21-16)18(2,3)20-13-6-5-7-14-20/h8-9,15,17,19H,4-7,10-14H2,1-3H3. The molecule has 1 aliphatic rings. The van der Waals surface area contributed by atoms with Gasteiger partial charge in [-0.05, 0) is 77.0 Å². The van der Waals surface area contributed by atoms with Gasteiger partial charge >= 0.3 is 0 Å². The van der Waals surface area contributed by atoms with Crippen LogP contribution in [0.4, 0.5) is 0 Å². The molecule has 1 N–H and O–H groups in total. The number of hydrogen-bond donors (Lipinski definition) is 1. The van der Waals surface area contributed by atoms with Gasteiger partial charge in [-0.2, -0.15) is 0 Å². The quantitative estimate of drug-likeness (QED) is 0.769. The second kappa shape index (κ2) is 8.30. The van der Waals surface area contributed by atoms with Gasteiger partial charge in [0.2, 0.25) is 0 Å². The lowest BCUT2D eigenvalue weighted by molar-refractivity contribution is 0.0584. The molecule has 0 bridgehead atoms. The second-order valence-electron chi connectivity index (χ2n) is 6.83. The van der Waals surface area contributed by atoms with E-state index in [1.165, 1.54) is 56.5 Å². The zero-order valence-corrected chi connectivity index (χ0v) is 14.8. The number of aryl methyl sites for hydroxylation is 1. The molecule has 2 nitrogen and oxygen atoms in total. The van der Waals surface area contributed by atoms with Crippen molar-refractivity contribution in [3.8, 4) is 0 Å². The maximum Gasteiger partial charge on any atom is 0.0306 e. The fourth-order valence-corrected chi connectivity index (χ4v) is 4.18. The van der Waals surface area contributed by atoms with Crippen LogP contribution in [-0.2, 0) is 6.42 Å². The molecule has 1 unspecified atom stereocenters. The minimum absolute atomic E-state index is 0.257. The zero-order chi connectivity index (χ0) is 15.1. The molecule has 0 aliphatic carbocycles. The van der Waals surface area contributed by atoms with Crippen LogP contribution >= 0.6 is 11.3 Å². The Balaban J connectivity index is 1.98. The fraction of sp³-hybridized carbons (Fsp3) is 0.778. The topological polar surface area (TPSA) is 15.3 Å². The Morgan fingerprint density at radius 3 is 2.67 bits per heavy atom. The number of nitrogens with one attached hydrogen (secondary N) is 1. The predicted molar refractivity (Wildman–Crippen MR) is 94.2 cm³/mol. The Bertz CT molecular complexity index is 380. The zero-order valence-electron chi connectivity index (χ0n) is 14.0. The van der Waals surface area contributed by atoms with Gasteiger partial charge in [-0.25, -0.2) is 0 Å². The first-order valence-corrected chi connectivity index (χ1v) is 9.53. The molecular formula is C18H32N2S. The van der Waals surface area contributed by atoms with Gasteiger partial charge < -0.3 is 5.32 Å². The van der Waals surface area contributed by atoms with E-state index >= 15 is 0 Å². The number of hydrogen-bond acceptors (Lipinski definition) is 3. The molecule has 1 atom stereocenters. The molecule has 3 heteroatoms. The molecule has 2 rings (SSSR count). The van der Waals surface area contributed by atoms with E-state index in [0.29, 0.717) is 6.04 Å². The molecule has 1 aromatic rings. The first-order valence-electron chi connectivity index (χ1n) is 8.65. The lowest BCUT2D eigenvalue weighted by Gasteiger charge is -2.46. The first-order chi connectivity index (χ1) is 10.1. The average Bonchev–Trinajstić information content (AvgIpc) is 3.01. The molecule has 0 aromatic carbocycles. The lowest BCUT2D eigenvalue weighted by atomic mass is 9.87. The maximum atomic E-state index is 3.83. The van der Waals surface area contributed by atoms with Crippen LogP contribution in [0.2, 0.25) is 0 Å². The smallest absolute Gasteiger partial charge is 0.0306 e. The molecule has 1 saturated heterocycles. The molecule has 1 aromatic heterocycles. The summed E-state index contributed by atoms with van der Waals surface area (Å²) < 4.78 is 0. The summed E-state index contributed by atoms with van der Waals surface area (Å²) in [7, 11) is 0. The molecule has 0 amide bonds. The lowest BCUT2D eigenvalue weighted by Crippen LogP contribution is -2.59. The van der Waals surface area contributed by atoms with E-state index in [0.717, 1.165) is 6.54 Å². The van der Waals surface area contributed by atoms with Crippen molar-refractivity contribution in [2.45, 2.75) is 70.9 Å². The highest BCUT2D eigenvalue weighted by Gasteiger charge is 2.35. The maximum absolute atomic E-state index is 3.83. The highest BCUT2D eigenvalue weighted by molar-refractivity contribution is 7.09. The first kappa shape index (κ1) is 17.0. The summed E-state index contributed by atoms with van der Waals surface area (Å²) >= 11 is 1.89. The number of nitrogens with zero attached hydrogens (tertiary/aromatic N) is 1. The fourth-order valence-electron chi connectivity index (χ4n) is 3.46. The summed E-state index contributed by atoms with van der Waals surface area (Å²) in [5.74, 6) is 0. The van der Waals surface area contributed by atoms with Crippen molar-refractivity contribution in [1.29, 1.82) is 0 Å². The Morgan fingerprint density at radius 1 is 1.29 bits per heavy atom. The van der Waals surface area contributed by atoms with E-state index < -0.39 is 0 Å². The highest BCUT2D eigenvalue weighted by atomic mass is 32.1. The van der Waals surface area contributed by atoms with Crippen molar-refractivity contribution >= 4 is 11.3 Å². The summed E-state index contributed by atoms with van der Waals surface area (Å²) in [6.07, 6.45) is 7.81. The van der Waals surface area contributed by atoms with Crippen LogP contribution in [0.5, 0.6) is 0 Å². The molecule has 0 saturated carbocycles. The Morgan fingerprint density at radius 2 is 2.05 bits per heavy atom. The van der Waals surface area contributed by atoms with Gasteiger partial charge in [0.15, 0.2) is 0 Å². The largest absolute Gasteiger partial charge is 0.312 e. The summed E-state index contributed by atoms with van der Waals surface area (Å²) in [6.45, 7) is 10.8. The number of likely N-dealkylation sites (tertiary alicyclic amines) is 1. The van der Waals surface area contributed by atoms with Gasteiger partial charge in [0.05, 0.1) is 0 Å². The van der Waals surface area contributed by atoms with Crippen molar-refractivity contribution < 1.29 is 0 Å². The van der Waals surface area contributed by atoms with E-state index in [1.54, 1.807) is 0 Å². The van der Waals surface area contributed by atoms with Gasteiger partial charge in [0.1, 0.15) is 0 Å². The van der Waals surface area contributed by atoms with Crippen LogP contribution in [0, 0.1) is 0 Å². The average molecular weight is 309 g/mol. The Hall–Kier alpha value is -0.380. The van der Waals surface area contributed by atoms with Crippen molar-refractivity contribution in [1.82, 2.24) is 10.2 Å². The van der Waals surface area contributed by atoms with Crippen LogP contribution < -0.4 is 5.32 Å². The van der Waals surface area contributed by atoms with E-state index in [9.17, 15) is 0 Å². The van der Waals surface area contributed by atoms with Crippen LogP contribution in [0.3, 0.4) is 0 Å². The van der Waals surface area contributed by atoms with Crippen molar-refractivity contribution in [2.75, 3.05) is 19.6 Å². The molecule has 0 radical (unpaired) electrons. The van der Waals surface area contributed by atoms with Gasteiger partial charge in [0, 0.05) is 16.5 Å². The van der Waals surface area contributed by atoms with Gasteiger partial charge in [-0.15, -0.1) is 11.3 Å². The molecule has 120 valence electrons. The van der Waals surface area contributed by atoms with Crippen LogP contribution in [-0.4, -0.2) is 36.1 Å². The summed E-state index contributed by atoms with van der Waals surface area (Å²) in [4.78, 5) is 4.24. The molecule has 2 heterocycles. The van der Waals surface area contributed by atoms with Crippen molar-refractivity contribution in [3.63, 3.8) is 0 Å². The molecule has 1 aliphatic heterocycles. The third-order valence-corrected chi connectivity index (χ3v) is 5.86. The van der Waals surface area contributed by atoms with Gasteiger partial charge in [-0.3, -0.25) is 4.90 Å². The number of piperidine rings is 1. The SMILES string of the molecule is CCCNC(CCc1cccs1)C(C)(C)N1CCCCC1. The van der Waals surface area contributed by atoms with Crippen molar-refractivity contribution in [2.24, 2.45) is 0 Å². The summed E-state index contributed by atoms with van der Waals surface area (Å²) in [5.41, 5.74) is 0.257. The van der Waals surface area contributed by atoms with E-state index in [2.05, 4.69) is 48.5 Å². The third-order valence-electron chi connectivity index (χ3n) is 4.92. The van der Waals surface area contributed by atoms with Gasteiger partial charge in [-0.1, -0.05) is 19.4 Å². The molecule has 21 heavy (non-hydrogen) atoms. The highest BCUT2D eigenvalue weighted by Crippen LogP contribution is 2.27. The molecular weight excluding hydrogens is 276 g/mol. The molecule has 0 spiro atoms. The predicted octanol–water partition coefficient (Wildman–Crippen LogP) is 4.31. The van der Waals surface area contributed by atoms with Crippen molar-refractivity contribution in [3.05, 3.63) is 22.4 Å². The minimum atomic E-state index is 0.257. The third kappa shape index (κ3) is 4.80. The second-order valence-corrected chi connectivity index (χ2v) is 7.86. The molecule has 1 fully saturated rings. The summed E-state index contributed by atoms with van der Waals surface area (Å²) in [6, 6.07) is 5.03. The van der Waals surface area contributed by atoms with Gasteiger partial charge in [0.25, 0.3) is 0 Å². The summed E-state index contributed by atoms with van der Waals surface area (Å²) in [5, 5.41) is 6.03. The van der Waals surface area contributed by atoms with E-state index in [-0.39, 0.29) is 5.54 Å². The van der Waals surface area contributed by atoms with E-state index in [1.807, 2.05) is 11.3 Å². The number of thiophene rings is 1. The van der Waals surface area contributed by atoms with Crippen LogP contribution in [0.25, 0.3) is 0 Å². The monoisotopic (exact) mass is 308 g/mol.